The van der Waals surface area contributed by atoms with Crippen LogP contribution in [-0.2, 0) is 9.53 Å². The summed E-state index contributed by atoms with van der Waals surface area (Å²) in [5.74, 6) is -0.786. The molecule has 1 aromatic rings. The third-order valence-electron chi connectivity index (χ3n) is 1.97. The summed E-state index contributed by atoms with van der Waals surface area (Å²) in [6.45, 7) is 0. The molecule has 6 heteroatoms. The highest BCUT2D eigenvalue weighted by molar-refractivity contribution is 9.10. The standard InChI is InChI=1S/C11H11BrO4S/c1-16-10(13)4-5-17-9-6-7(12)2-3-8(9)11(14)15/h2-3,6H,4-5H2,1H3,(H,14,15). The van der Waals surface area contributed by atoms with Crippen LogP contribution >= 0.6 is 27.7 Å². The Morgan fingerprint density at radius 1 is 1.47 bits per heavy atom. The first-order valence-electron chi connectivity index (χ1n) is 4.77. The summed E-state index contributed by atoms with van der Waals surface area (Å²) in [5, 5.41) is 8.99. The molecule has 0 aliphatic carbocycles. The number of rotatable bonds is 5. The number of carbonyl (C=O) groups is 2. The minimum atomic E-state index is -0.974. The van der Waals surface area contributed by atoms with Gasteiger partial charge < -0.3 is 9.84 Å². The lowest BCUT2D eigenvalue weighted by atomic mass is 10.2. The topological polar surface area (TPSA) is 63.6 Å². The van der Waals surface area contributed by atoms with Crippen LogP contribution in [0.4, 0.5) is 0 Å². The van der Waals surface area contributed by atoms with Crippen molar-refractivity contribution in [1.29, 1.82) is 0 Å². The maximum atomic E-state index is 11.0. The lowest BCUT2D eigenvalue weighted by Crippen LogP contribution is -2.02. The molecular formula is C11H11BrO4S. The Morgan fingerprint density at radius 3 is 2.76 bits per heavy atom. The number of carboxylic acid groups (broad SMARTS) is 1. The van der Waals surface area contributed by atoms with Crippen LogP contribution in [0.2, 0.25) is 0 Å². The summed E-state index contributed by atoms with van der Waals surface area (Å²) in [5.41, 5.74) is 0.239. The van der Waals surface area contributed by atoms with E-state index in [0.717, 1.165) is 4.47 Å². The molecule has 0 aliphatic rings. The highest BCUT2D eigenvalue weighted by Crippen LogP contribution is 2.27. The Hall–Kier alpha value is -1.01. The van der Waals surface area contributed by atoms with Crippen LogP contribution in [0.1, 0.15) is 16.8 Å². The van der Waals surface area contributed by atoms with Crippen molar-refractivity contribution in [2.75, 3.05) is 12.9 Å². The number of methoxy groups -OCH3 is 1. The fraction of sp³-hybridized carbons (Fsp3) is 0.273. The first kappa shape index (κ1) is 14.1. The van der Waals surface area contributed by atoms with Gasteiger partial charge in [0.25, 0.3) is 0 Å². The second kappa shape index (κ2) is 6.66. The molecule has 0 spiro atoms. The van der Waals surface area contributed by atoms with Crippen LogP contribution < -0.4 is 0 Å². The first-order valence-corrected chi connectivity index (χ1v) is 6.55. The average molecular weight is 319 g/mol. The lowest BCUT2D eigenvalue weighted by molar-refractivity contribution is -0.140. The average Bonchev–Trinajstić information content (AvgIpc) is 2.28. The second-order valence-electron chi connectivity index (χ2n) is 3.12. The van der Waals surface area contributed by atoms with Gasteiger partial charge in [0.15, 0.2) is 0 Å². The van der Waals surface area contributed by atoms with Gasteiger partial charge in [0, 0.05) is 15.1 Å². The summed E-state index contributed by atoms with van der Waals surface area (Å²) in [6, 6.07) is 4.94. The number of hydrogen-bond acceptors (Lipinski definition) is 4. The predicted octanol–water partition coefficient (Wildman–Crippen LogP) is 2.80. The number of hydrogen-bond donors (Lipinski definition) is 1. The largest absolute Gasteiger partial charge is 0.478 e. The Bertz CT molecular complexity index is 433. The summed E-state index contributed by atoms with van der Waals surface area (Å²) < 4.78 is 5.32. The van der Waals surface area contributed by atoms with Crippen molar-refractivity contribution in [2.45, 2.75) is 11.3 Å². The molecule has 1 rings (SSSR count). The van der Waals surface area contributed by atoms with Gasteiger partial charge in [-0.05, 0) is 18.2 Å². The Balaban J connectivity index is 2.72. The molecule has 0 bridgehead atoms. The molecule has 0 saturated carbocycles. The number of thioether (sulfide) groups is 1. The van der Waals surface area contributed by atoms with E-state index in [2.05, 4.69) is 20.7 Å². The zero-order valence-electron chi connectivity index (χ0n) is 9.10. The highest BCUT2D eigenvalue weighted by Gasteiger charge is 2.11. The van der Waals surface area contributed by atoms with Gasteiger partial charge >= 0.3 is 11.9 Å². The molecule has 0 atom stereocenters. The molecule has 0 fully saturated rings. The van der Waals surface area contributed by atoms with Crippen LogP contribution in [0.5, 0.6) is 0 Å². The smallest absolute Gasteiger partial charge is 0.336 e. The van der Waals surface area contributed by atoms with Crippen molar-refractivity contribution in [1.82, 2.24) is 0 Å². The van der Waals surface area contributed by atoms with E-state index in [4.69, 9.17) is 5.11 Å². The molecule has 0 aliphatic heterocycles. The first-order chi connectivity index (χ1) is 8.04. The van der Waals surface area contributed by atoms with Crippen molar-refractivity contribution in [3.8, 4) is 0 Å². The minimum Gasteiger partial charge on any atom is -0.478 e. The van der Waals surface area contributed by atoms with Crippen LogP contribution in [0.15, 0.2) is 27.6 Å². The third-order valence-corrected chi connectivity index (χ3v) is 3.52. The van der Waals surface area contributed by atoms with Crippen LogP contribution in [-0.4, -0.2) is 29.9 Å². The number of carbonyl (C=O) groups excluding carboxylic acids is 1. The zero-order chi connectivity index (χ0) is 12.8. The molecular weight excluding hydrogens is 308 g/mol. The third kappa shape index (κ3) is 4.40. The summed E-state index contributed by atoms with van der Waals surface area (Å²) in [7, 11) is 1.33. The van der Waals surface area contributed by atoms with Gasteiger partial charge in [0.05, 0.1) is 19.1 Å². The fourth-order valence-electron chi connectivity index (χ4n) is 1.14. The zero-order valence-corrected chi connectivity index (χ0v) is 11.5. The highest BCUT2D eigenvalue weighted by atomic mass is 79.9. The summed E-state index contributed by atoms with van der Waals surface area (Å²) >= 11 is 4.60. The van der Waals surface area contributed by atoms with Crippen LogP contribution in [0, 0.1) is 0 Å². The molecule has 0 saturated heterocycles. The minimum absolute atomic E-state index is 0.239. The second-order valence-corrected chi connectivity index (χ2v) is 5.17. The number of halogens is 1. The van der Waals surface area contributed by atoms with Gasteiger partial charge in [-0.1, -0.05) is 15.9 Å². The molecule has 0 aromatic heterocycles. The molecule has 1 aromatic carbocycles. The van der Waals surface area contributed by atoms with Gasteiger partial charge in [-0.15, -0.1) is 11.8 Å². The maximum absolute atomic E-state index is 11.0. The fourth-order valence-corrected chi connectivity index (χ4v) is 2.66. The van der Waals surface area contributed by atoms with Crippen molar-refractivity contribution < 1.29 is 19.4 Å². The van der Waals surface area contributed by atoms with E-state index in [-0.39, 0.29) is 18.0 Å². The summed E-state index contributed by atoms with van der Waals surface area (Å²) in [6.07, 6.45) is 0.257. The normalized spacial score (nSPS) is 10.0. The van der Waals surface area contributed by atoms with Gasteiger partial charge in [-0.3, -0.25) is 4.79 Å². The molecule has 4 nitrogen and oxygen atoms in total. The van der Waals surface area contributed by atoms with Gasteiger partial charge in [0.2, 0.25) is 0 Å². The van der Waals surface area contributed by atoms with E-state index in [1.807, 2.05) is 0 Å². The number of aromatic carboxylic acids is 1. The molecule has 92 valence electrons. The van der Waals surface area contributed by atoms with Crippen LogP contribution in [0.3, 0.4) is 0 Å². The molecule has 0 unspecified atom stereocenters. The van der Waals surface area contributed by atoms with Gasteiger partial charge in [-0.25, -0.2) is 4.79 Å². The van der Waals surface area contributed by atoms with E-state index in [9.17, 15) is 9.59 Å². The Kier molecular flexibility index (Phi) is 5.50. The quantitative estimate of drug-likeness (QED) is 0.668. The number of esters is 1. The molecule has 0 amide bonds. The SMILES string of the molecule is COC(=O)CCSc1cc(Br)ccc1C(=O)O. The molecule has 0 heterocycles. The van der Waals surface area contributed by atoms with E-state index in [1.165, 1.54) is 24.9 Å². The lowest BCUT2D eigenvalue weighted by Gasteiger charge is -2.05. The van der Waals surface area contributed by atoms with Crippen molar-refractivity contribution in [3.63, 3.8) is 0 Å². The maximum Gasteiger partial charge on any atom is 0.336 e. The Labute approximate surface area is 111 Å². The van der Waals surface area contributed by atoms with Gasteiger partial charge in [-0.2, -0.15) is 0 Å². The number of carboxylic acids is 1. The van der Waals surface area contributed by atoms with E-state index in [0.29, 0.717) is 10.6 Å². The van der Waals surface area contributed by atoms with Crippen LogP contribution in [0.25, 0.3) is 0 Å². The van der Waals surface area contributed by atoms with E-state index in [1.54, 1.807) is 12.1 Å². The van der Waals surface area contributed by atoms with Gasteiger partial charge in [0.1, 0.15) is 0 Å². The number of benzene rings is 1. The molecule has 1 N–H and O–H groups in total. The van der Waals surface area contributed by atoms with Crippen molar-refractivity contribution in [3.05, 3.63) is 28.2 Å². The molecule has 0 radical (unpaired) electrons. The van der Waals surface area contributed by atoms with E-state index >= 15 is 0 Å². The van der Waals surface area contributed by atoms with Crippen molar-refractivity contribution in [2.24, 2.45) is 0 Å². The Morgan fingerprint density at radius 2 is 2.18 bits per heavy atom. The predicted molar refractivity (Wildman–Crippen MR) is 68.5 cm³/mol. The monoisotopic (exact) mass is 318 g/mol. The van der Waals surface area contributed by atoms with Crippen molar-refractivity contribution >= 4 is 39.6 Å². The number of ether oxygens (including phenoxy) is 1. The molecule has 17 heavy (non-hydrogen) atoms. The van der Waals surface area contributed by atoms with E-state index < -0.39 is 5.97 Å². The summed E-state index contributed by atoms with van der Waals surface area (Å²) in [4.78, 5) is 22.5.